The van der Waals surface area contributed by atoms with Gasteiger partial charge in [0, 0.05) is 13.6 Å². The summed E-state index contributed by atoms with van der Waals surface area (Å²) in [6.07, 6.45) is 0. The molecule has 9 heteroatoms. The second-order valence-corrected chi connectivity index (χ2v) is 6.73. The van der Waals surface area contributed by atoms with Gasteiger partial charge in [-0.1, -0.05) is 11.3 Å². The number of rotatable bonds is 4. The summed E-state index contributed by atoms with van der Waals surface area (Å²) < 4.78 is 28.0. The molecule has 2 heterocycles. The monoisotopic (exact) mass is 301 g/mol. The second kappa shape index (κ2) is 4.89. The normalized spacial score (nSPS) is 11.8. The van der Waals surface area contributed by atoms with E-state index < -0.39 is 10.0 Å². The van der Waals surface area contributed by atoms with Crippen LogP contribution >= 0.6 is 11.3 Å². The Morgan fingerprint density at radius 1 is 1.42 bits per heavy atom. The van der Waals surface area contributed by atoms with Crippen LogP contribution in [0.2, 0.25) is 0 Å². The van der Waals surface area contributed by atoms with Crippen LogP contribution in [-0.2, 0) is 16.6 Å². The highest BCUT2D eigenvalue weighted by Gasteiger charge is 2.30. The van der Waals surface area contributed by atoms with Crippen LogP contribution in [0.1, 0.15) is 18.3 Å². The fraction of sp³-hybridized carbons (Fsp3) is 0.500. The van der Waals surface area contributed by atoms with E-state index in [1.807, 2.05) is 6.92 Å². The maximum Gasteiger partial charge on any atom is 0.269 e. The Labute approximate surface area is 115 Å². The minimum Gasteiger partial charge on any atom is -0.268 e. The minimum absolute atomic E-state index is 0.243. The van der Waals surface area contributed by atoms with Gasteiger partial charge < -0.3 is 0 Å². The van der Waals surface area contributed by atoms with Gasteiger partial charge in [-0.2, -0.15) is 5.10 Å². The molecule has 2 rings (SSSR count). The van der Waals surface area contributed by atoms with E-state index in [-0.39, 0.29) is 4.90 Å². The Kier molecular flexibility index (Phi) is 3.59. The minimum atomic E-state index is -3.65. The molecule has 0 aliphatic heterocycles. The zero-order chi connectivity index (χ0) is 14.2. The van der Waals surface area contributed by atoms with Crippen molar-refractivity contribution in [1.29, 1.82) is 0 Å². The molecule has 0 aliphatic carbocycles. The Morgan fingerprint density at radius 2 is 2.11 bits per heavy atom. The highest BCUT2D eigenvalue weighted by molar-refractivity contribution is 7.93. The van der Waals surface area contributed by atoms with Gasteiger partial charge >= 0.3 is 0 Å². The van der Waals surface area contributed by atoms with E-state index >= 15 is 0 Å². The molecule has 104 valence electrons. The summed E-state index contributed by atoms with van der Waals surface area (Å²) in [4.78, 5) is 0.243. The molecule has 0 aromatic carbocycles. The van der Waals surface area contributed by atoms with Gasteiger partial charge in [-0.05, 0) is 20.8 Å². The number of nitrogens with zero attached hydrogens (tertiary/aromatic N) is 5. The van der Waals surface area contributed by atoms with Crippen LogP contribution in [0.5, 0.6) is 0 Å². The topological polar surface area (TPSA) is 81.0 Å². The summed E-state index contributed by atoms with van der Waals surface area (Å²) in [7, 11) is -2.18. The summed E-state index contributed by atoms with van der Waals surface area (Å²) in [5.41, 5.74) is 2.63. The van der Waals surface area contributed by atoms with E-state index in [4.69, 9.17) is 0 Å². The molecule has 0 radical (unpaired) electrons. The Morgan fingerprint density at radius 3 is 2.58 bits per heavy atom. The molecular weight excluding hydrogens is 286 g/mol. The number of aryl methyl sites for hydroxylation is 2. The van der Waals surface area contributed by atoms with E-state index in [9.17, 15) is 8.42 Å². The Hall–Kier alpha value is -1.48. The quantitative estimate of drug-likeness (QED) is 0.847. The predicted octanol–water partition coefficient (Wildman–Crippen LogP) is 1.20. The smallest absolute Gasteiger partial charge is 0.268 e. The van der Waals surface area contributed by atoms with Gasteiger partial charge in [-0.25, -0.2) is 12.7 Å². The second-order valence-electron chi connectivity index (χ2n) is 4.01. The first-order valence-electron chi connectivity index (χ1n) is 5.68. The average Bonchev–Trinajstić information content (AvgIpc) is 2.96. The summed E-state index contributed by atoms with van der Waals surface area (Å²) in [5.74, 6) is 0. The third-order valence-electron chi connectivity index (χ3n) is 2.85. The van der Waals surface area contributed by atoms with Crippen LogP contribution in [0.25, 0.3) is 0 Å². The first-order valence-corrected chi connectivity index (χ1v) is 8.00. The molecule has 0 bridgehead atoms. The highest BCUT2D eigenvalue weighted by atomic mass is 32.2. The van der Waals surface area contributed by atoms with Crippen LogP contribution in [0, 0.1) is 13.8 Å². The lowest BCUT2D eigenvalue weighted by Crippen LogP contribution is -2.27. The molecule has 2 aromatic rings. The zero-order valence-corrected chi connectivity index (χ0v) is 12.8. The third kappa shape index (κ3) is 2.23. The molecule has 2 aromatic heterocycles. The van der Waals surface area contributed by atoms with Gasteiger partial charge in [0.25, 0.3) is 10.0 Å². The highest BCUT2D eigenvalue weighted by Crippen LogP contribution is 2.27. The molecule has 0 aliphatic rings. The maximum atomic E-state index is 12.6. The van der Waals surface area contributed by atoms with E-state index in [0.29, 0.717) is 23.1 Å². The standard InChI is InChI=1S/C10H15N5O2S2/c1-5-15-8(3)9(7(2)13-15)19(16,17)14(4)10-12-11-6-18-10/h6H,5H2,1-4H3. The third-order valence-corrected chi connectivity index (χ3v) is 5.73. The van der Waals surface area contributed by atoms with Crippen molar-refractivity contribution in [2.75, 3.05) is 11.4 Å². The molecular formula is C10H15N5O2S2. The molecule has 0 amide bonds. The van der Waals surface area contributed by atoms with Crippen molar-refractivity contribution in [2.45, 2.75) is 32.2 Å². The molecule has 0 atom stereocenters. The van der Waals surface area contributed by atoms with Crippen LogP contribution in [0.4, 0.5) is 5.13 Å². The average molecular weight is 301 g/mol. The lowest BCUT2D eigenvalue weighted by atomic mass is 10.4. The maximum absolute atomic E-state index is 12.6. The Bertz CT molecular complexity index is 675. The van der Waals surface area contributed by atoms with Crippen LogP contribution in [0.3, 0.4) is 0 Å². The van der Waals surface area contributed by atoms with E-state index in [0.717, 1.165) is 4.31 Å². The largest absolute Gasteiger partial charge is 0.269 e. The lowest BCUT2D eigenvalue weighted by molar-refractivity contribution is 0.591. The van der Waals surface area contributed by atoms with Gasteiger partial charge in [-0.15, -0.1) is 10.2 Å². The molecule has 0 spiro atoms. The molecule has 0 N–H and O–H groups in total. The molecule has 0 unspecified atom stereocenters. The van der Waals surface area contributed by atoms with Crippen molar-refractivity contribution in [3.05, 3.63) is 16.9 Å². The van der Waals surface area contributed by atoms with Gasteiger partial charge in [-0.3, -0.25) is 4.68 Å². The van der Waals surface area contributed by atoms with Crippen molar-refractivity contribution < 1.29 is 8.42 Å². The number of hydrogen-bond acceptors (Lipinski definition) is 6. The van der Waals surface area contributed by atoms with E-state index in [1.165, 1.54) is 23.9 Å². The molecule has 7 nitrogen and oxygen atoms in total. The number of anilines is 1. The first-order chi connectivity index (χ1) is 8.89. The van der Waals surface area contributed by atoms with E-state index in [1.54, 1.807) is 18.5 Å². The summed E-state index contributed by atoms with van der Waals surface area (Å²) in [6, 6.07) is 0. The van der Waals surface area contributed by atoms with Crippen molar-refractivity contribution in [3.63, 3.8) is 0 Å². The summed E-state index contributed by atoms with van der Waals surface area (Å²) in [5, 5.41) is 12.0. The van der Waals surface area contributed by atoms with Crippen LogP contribution < -0.4 is 4.31 Å². The van der Waals surface area contributed by atoms with Crippen molar-refractivity contribution in [3.8, 4) is 0 Å². The van der Waals surface area contributed by atoms with Gasteiger partial charge in [0.15, 0.2) is 0 Å². The number of aromatic nitrogens is 4. The van der Waals surface area contributed by atoms with E-state index in [2.05, 4.69) is 15.3 Å². The van der Waals surface area contributed by atoms with Crippen LogP contribution in [0.15, 0.2) is 10.4 Å². The molecule has 0 fully saturated rings. The van der Waals surface area contributed by atoms with Crippen molar-refractivity contribution >= 4 is 26.5 Å². The summed E-state index contributed by atoms with van der Waals surface area (Å²) >= 11 is 1.17. The fourth-order valence-corrected chi connectivity index (χ4v) is 4.17. The number of sulfonamides is 1. The van der Waals surface area contributed by atoms with Crippen molar-refractivity contribution in [1.82, 2.24) is 20.0 Å². The summed E-state index contributed by atoms with van der Waals surface area (Å²) in [6.45, 7) is 6.00. The molecule has 19 heavy (non-hydrogen) atoms. The van der Waals surface area contributed by atoms with Crippen molar-refractivity contribution in [2.24, 2.45) is 0 Å². The van der Waals surface area contributed by atoms with Gasteiger partial charge in [0.1, 0.15) is 10.4 Å². The Balaban J connectivity index is 2.54. The predicted molar refractivity (Wildman–Crippen MR) is 72.9 cm³/mol. The SMILES string of the molecule is CCn1nc(C)c(S(=O)(=O)N(C)c2nncs2)c1C. The zero-order valence-electron chi connectivity index (χ0n) is 11.2. The van der Waals surface area contributed by atoms with Gasteiger partial charge in [0.2, 0.25) is 5.13 Å². The lowest BCUT2D eigenvalue weighted by Gasteiger charge is -2.15. The molecule has 0 saturated carbocycles. The fourth-order valence-electron chi connectivity index (χ4n) is 1.91. The number of hydrogen-bond donors (Lipinski definition) is 0. The molecule has 0 saturated heterocycles. The first kappa shape index (κ1) is 13.9. The van der Waals surface area contributed by atoms with Gasteiger partial charge in [0.05, 0.1) is 11.4 Å². The van der Waals surface area contributed by atoms with Crippen LogP contribution in [-0.4, -0.2) is 35.4 Å².